The molecule has 0 unspecified atom stereocenters. The summed E-state index contributed by atoms with van der Waals surface area (Å²) in [5.74, 6) is -2.21. The molecule has 0 aliphatic carbocycles. The van der Waals surface area contributed by atoms with Gasteiger partial charge in [-0.25, -0.2) is 8.78 Å². The highest BCUT2D eigenvalue weighted by atomic mass is 19.2. The van der Waals surface area contributed by atoms with Gasteiger partial charge < -0.3 is 10.6 Å². The first-order chi connectivity index (χ1) is 7.61. The van der Waals surface area contributed by atoms with Gasteiger partial charge in [0.15, 0.2) is 11.6 Å². The van der Waals surface area contributed by atoms with Crippen LogP contribution in [0.5, 0.6) is 0 Å². The zero-order chi connectivity index (χ0) is 12.1. The average molecular weight is 222 g/mol. The first-order valence-corrected chi connectivity index (χ1v) is 4.34. The van der Waals surface area contributed by atoms with Crippen LogP contribution in [-0.2, 0) is 0 Å². The van der Waals surface area contributed by atoms with Crippen LogP contribution in [0.1, 0.15) is 0 Å². The van der Waals surface area contributed by atoms with Crippen molar-refractivity contribution in [2.45, 2.75) is 0 Å². The quantitative estimate of drug-likeness (QED) is 0.619. The molecule has 1 aromatic carbocycles. The van der Waals surface area contributed by atoms with Gasteiger partial charge in [0.05, 0.1) is 17.8 Å². The van der Waals surface area contributed by atoms with E-state index in [1.54, 1.807) is 12.1 Å². The van der Waals surface area contributed by atoms with E-state index in [4.69, 9.17) is 16.3 Å². The van der Waals surface area contributed by atoms with Gasteiger partial charge in [0.1, 0.15) is 18.8 Å². The van der Waals surface area contributed by atoms with Crippen molar-refractivity contribution in [3.05, 3.63) is 23.8 Å². The van der Waals surface area contributed by atoms with Crippen molar-refractivity contribution in [1.82, 2.24) is 0 Å². The Morgan fingerprint density at radius 1 is 1.19 bits per heavy atom. The van der Waals surface area contributed by atoms with Gasteiger partial charge in [0.2, 0.25) is 0 Å². The molecule has 0 radical (unpaired) electrons. The second-order valence-corrected chi connectivity index (χ2v) is 2.97. The summed E-state index contributed by atoms with van der Waals surface area (Å²) in [6.45, 7) is -0.476. The number of halogens is 2. The van der Waals surface area contributed by atoms with Crippen LogP contribution in [0.25, 0.3) is 0 Å². The average Bonchev–Trinajstić information content (AvgIpc) is 2.25. The number of rotatable bonds is 3. The predicted molar refractivity (Wildman–Crippen MR) is 54.2 cm³/mol. The molecule has 0 aliphatic heterocycles. The van der Waals surface area contributed by atoms with Gasteiger partial charge >= 0.3 is 0 Å². The summed E-state index contributed by atoms with van der Waals surface area (Å²) in [4.78, 5) is 1.08. The number of nitrogens with two attached hydrogens (primary N) is 1. The third kappa shape index (κ3) is 2.18. The minimum Gasteiger partial charge on any atom is -0.397 e. The Hall–Kier alpha value is -2.34. The van der Waals surface area contributed by atoms with Crippen LogP contribution in [0.15, 0.2) is 12.1 Å². The predicted octanol–water partition coefficient (Wildman–Crippen LogP) is 1.40. The first kappa shape index (κ1) is 11.7. The lowest BCUT2D eigenvalue weighted by atomic mass is 10.2. The van der Waals surface area contributed by atoms with E-state index in [1.807, 2.05) is 0 Å². The molecule has 82 valence electrons. The molecule has 0 bridgehead atoms. The maximum absolute atomic E-state index is 13.4. The number of nitrogen functional groups attached to an aromatic ring is 1. The molecule has 16 heavy (non-hydrogen) atoms. The Balaban J connectivity index is 3.24. The molecule has 0 saturated heterocycles. The molecular formula is C10H8F2N4. The van der Waals surface area contributed by atoms with Crippen molar-refractivity contribution >= 4 is 11.4 Å². The number of hydrogen-bond donors (Lipinski definition) is 1. The summed E-state index contributed by atoms with van der Waals surface area (Å²) in [5.41, 5.74) is 5.23. The fraction of sp³-hybridized carbons (Fsp3) is 0.200. The minimum atomic E-state index is -1.15. The van der Waals surface area contributed by atoms with Crippen LogP contribution in [0.4, 0.5) is 20.2 Å². The largest absolute Gasteiger partial charge is 0.397 e. The zero-order valence-corrected chi connectivity index (χ0v) is 8.24. The number of hydrogen-bond acceptors (Lipinski definition) is 4. The molecular weight excluding hydrogens is 214 g/mol. The van der Waals surface area contributed by atoms with Crippen molar-refractivity contribution in [1.29, 1.82) is 10.5 Å². The second-order valence-electron chi connectivity index (χ2n) is 2.97. The summed E-state index contributed by atoms with van der Waals surface area (Å²) < 4.78 is 26.4. The molecule has 0 amide bonds. The van der Waals surface area contributed by atoms with Gasteiger partial charge in [-0.2, -0.15) is 10.5 Å². The number of nitriles is 2. The highest BCUT2D eigenvalue weighted by Gasteiger charge is 2.17. The maximum atomic E-state index is 13.4. The van der Waals surface area contributed by atoms with Gasteiger partial charge in [0.25, 0.3) is 0 Å². The van der Waals surface area contributed by atoms with E-state index in [0.29, 0.717) is 0 Å². The fourth-order valence-corrected chi connectivity index (χ4v) is 1.26. The van der Waals surface area contributed by atoms with Crippen molar-refractivity contribution in [3.8, 4) is 12.1 Å². The van der Waals surface area contributed by atoms with E-state index in [0.717, 1.165) is 11.0 Å². The third-order valence-electron chi connectivity index (χ3n) is 1.94. The fourth-order valence-electron chi connectivity index (χ4n) is 1.26. The second kappa shape index (κ2) is 4.94. The Morgan fingerprint density at radius 3 is 2.25 bits per heavy atom. The lowest BCUT2D eigenvalue weighted by Crippen LogP contribution is -2.26. The molecule has 0 aromatic heterocycles. The zero-order valence-electron chi connectivity index (χ0n) is 8.24. The van der Waals surface area contributed by atoms with E-state index in [2.05, 4.69) is 0 Å². The minimum absolute atomic E-state index is 0.00981. The Bertz CT molecular complexity index is 457. The Morgan fingerprint density at radius 2 is 1.75 bits per heavy atom. The summed E-state index contributed by atoms with van der Waals surface area (Å²) in [6, 6.07) is 5.59. The summed E-state index contributed by atoms with van der Waals surface area (Å²) in [5, 5.41) is 17.0. The first-order valence-electron chi connectivity index (χ1n) is 4.34. The van der Waals surface area contributed by atoms with Gasteiger partial charge in [-0.3, -0.25) is 0 Å². The molecule has 0 aliphatic rings. The van der Waals surface area contributed by atoms with Crippen LogP contribution in [0.2, 0.25) is 0 Å². The topological polar surface area (TPSA) is 76.8 Å². The lowest BCUT2D eigenvalue weighted by molar-refractivity contribution is 0.508. The smallest absolute Gasteiger partial charge is 0.184 e. The van der Waals surface area contributed by atoms with Gasteiger partial charge in [-0.15, -0.1) is 0 Å². The Labute approximate surface area is 91.1 Å². The highest BCUT2D eigenvalue weighted by Crippen LogP contribution is 2.28. The van der Waals surface area contributed by atoms with Crippen LogP contribution >= 0.6 is 0 Å². The summed E-state index contributed by atoms with van der Waals surface area (Å²) in [7, 11) is 0. The van der Waals surface area contributed by atoms with Crippen molar-refractivity contribution in [2.75, 3.05) is 23.7 Å². The number of benzene rings is 1. The molecule has 6 heteroatoms. The number of anilines is 2. The molecule has 0 heterocycles. The van der Waals surface area contributed by atoms with Crippen LogP contribution < -0.4 is 10.6 Å². The normalized spacial score (nSPS) is 9.25. The highest BCUT2D eigenvalue weighted by molar-refractivity contribution is 5.69. The van der Waals surface area contributed by atoms with Crippen LogP contribution in [-0.4, -0.2) is 13.1 Å². The van der Waals surface area contributed by atoms with Crippen LogP contribution in [0, 0.1) is 34.3 Å². The van der Waals surface area contributed by atoms with Crippen molar-refractivity contribution in [2.24, 2.45) is 0 Å². The van der Waals surface area contributed by atoms with E-state index in [1.165, 1.54) is 6.07 Å². The molecule has 0 fully saturated rings. The lowest BCUT2D eigenvalue weighted by Gasteiger charge is -2.20. The monoisotopic (exact) mass is 222 g/mol. The summed E-state index contributed by atoms with van der Waals surface area (Å²) >= 11 is 0. The van der Waals surface area contributed by atoms with E-state index in [9.17, 15) is 8.78 Å². The van der Waals surface area contributed by atoms with Gasteiger partial charge in [0, 0.05) is 0 Å². The maximum Gasteiger partial charge on any atom is 0.184 e. The molecule has 0 spiro atoms. The van der Waals surface area contributed by atoms with E-state index < -0.39 is 11.6 Å². The standard InChI is InChI=1S/C10H8F2N4/c11-7-1-2-8(15)10(9(7)12)16(5-3-13)6-4-14/h1-2H,5-6,15H2. The van der Waals surface area contributed by atoms with Crippen molar-refractivity contribution < 1.29 is 8.78 Å². The Kier molecular flexibility index (Phi) is 3.62. The molecule has 0 atom stereocenters. The SMILES string of the molecule is N#CCN(CC#N)c1c(N)ccc(F)c1F. The van der Waals surface area contributed by atoms with Crippen molar-refractivity contribution in [3.63, 3.8) is 0 Å². The van der Waals surface area contributed by atoms with Gasteiger partial charge in [-0.1, -0.05) is 0 Å². The number of nitrogens with zero attached hydrogens (tertiary/aromatic N) is 3. The molecule has 4 nitrogen and oxygen atoms in total. The molecule has 0 saturated carbocycles. The third-order valence-corrected chi connectivity index (χ3v) is 1.94. The molecule has 1 aromatic rings. The van der Waals surface area contributed by atoms with Crippen LogP contribution in [0.3, 0.4) is 0 Å². The summed E-state index contributed by atoms with van der Waals surface area (Å²) in [6.07, 6.45) is 0. The van der Waals surface area contributed by atoms with E-state index in [-0.39, 0.29) is 24.5 Å². The van der Waals surface area contributed by atoms with E-state index >= 15 is 0 Å². The van der Waals surface area contributed by atoms with Gasteiger partial charge in [-0.05, 0) is 12.1 Å². The molecule has 2 N–H and O–H groups in total. The molecule has 1 rings (SSSR count).